The van der Waals surface area contributed by atoms with E-state index in [0.717, 1.165) is 25.7 Å². The van der Waals surface area contributed by atoms with Crippen LogP contribution in [-0.2, 0) is 23.2 Å². The molecule has 4 bridgehead atoms. The van der Waals surface area contributed by atoms with Gasteiger partial charge in [0.25, 0.3) is 0 Å². The Kier molecular flexibility index (Phi) is 7.58. The summed E-state index contributed by atoms with van der Waals surface area (Å²) in [4.78, 5) is 0. The third-order valence-corrected chi connectivity index (χ3v) is 12.4. The van der Waals surface area contributed by atoms with Gasteiger partial charge in [-0.25, -0.2) is 0 Å². The van der Waals surface area contributed by atoms with Crippen LogP contribution in [-0.4, -0.2) is 31.5 Å². The summed E-state index contributed by atoms with van der Waals surface area (Å²) in [6.45, 7) is 5.45. The molecule has 1 heterocycles. The van der Waals surface area contributed by atoms with Gasteiger partial charge in [-0.2, -0.15) is 0 Å². The number of fused-ring (bicyclic) bond motifs is 2. The van der Waals surface area contributed by atoms with Gasteiger partial charge in [0.15, 0.2) is 0 Å². The zero-order valence-electron chi connectivity index (χ0n) is 13.0. The van der Waals surface area contributed by atoms with E-state index < -0.39 is 31.3 Å². The van der Waals surface area contributed by atoms with E-state index in [1.165, 1.54) is 11.1 Å². The molecule has 3 aliphatic rings. The van der Waals surface area contributed by atoms with E-state index in [1.807, 2.05) is 0 Å². The van der Waals surface area contributed by atoms with Crippen LogP contribution in [0.4, 0.5) is 0 Å². The molecule has 0 aromatic carbocycles. The van der Waals surface area contributed by atoms with Gasteiger partial charge in [-0.1, -0.05) is 0 Å². The van der Waals surface area contributed by atoms with E-state index in [4.69, 9.17) is 0 Å². The van der Waals surface area contributed by atoms with Gasteiger partial charge >= 0.3 is 134 Å². The fraction of sp³-hybridized carbons (Fsp3) is 0.500. The summed E-state index contributed by atoms with van der Waals surface area (Å²) in [6.07, 6.45) is 8.94. The number of allylic oxidation sites excluding steroid dienone is 6. The monoisotopic (exact) mass is 434 g/mol. The molecule has 120 valence electrons. The number of aliphatic hydroxyl groups is 2. The fourth-order valence-corrected chi connectivity index (χ4v) is 12.0. The van der Waals surface area contributed by atoms with Crippen LogP contribution < -0.4 is 24.8 Å². The Hall–Kier alpha value is 0.560. The van der Waals surface area contributed by atoms with Crippen LogP contribution in [0.3, 0.4) is 0 Å². The minimum absolute atomic E-state index is 0. The Morgan fingerprint density at radius 3 is 1.68 bits per heavy atom. The summed E-state index contributed by atoms with van der Waals surface area (Å²) in [6, 6.07) is 0. The van der Waals surface area contributed by atoms with Crippen LogP contribution in [0, 0.1) is 0 Å². The zero-order chi connectivity index (χ0) is 14.3. The largest absolute Gasteiger partial charge is 1.00 e. The van der Waals surface area contributed by atoms with Crippen molar-refractivity contribution in [3.8, 4) is 0 Å². The van der Waals surface area contributed by atoms with E-state index in [9.17, 15) is 10.2 Å². The molecule has 0 aromatic rings. The third-order valence-electron chi connectivity index (χ3n) is 4.77. The summed E-state index contributed by atoms with van der Waals surface area (Å²) in [7, 11) is -1.64. The standard InChI is InChI=1S/C16H22O2Si.2ClH.Zr/c1-19(2,15-7-3-5-13(15)9-11-17)16-8-4-6-14(16)10-12-18;;;/h7-8,17-18H,3-4,9-12H2,1-2H3;2*1H;/q;;;+2/p-2. The first-order valence-electron chi connectivity index (χ1n) is 7.44. The van der Waals surface area contributed by atoms with Crippen LogP contribution in [0.25, 0.3) is 0 Å². The molecule has 0 fully saturated rings. The second-order valence-electron chi connectivity index (χ2n) is 6.26. The summed E-state index contributed by atoms with van der Waals surface area (Å²) >= 11 is -0.684. The first-order chi connectivity index (χ1) is 9.59. The molecule has 2 aliphatic carbocycles. The van der Waals surface area contributed by atoms with Crippen LogP contribution in [0.2, 0.25) is 13.1 Å². The maximum Gasteiger partial charge on any atom is -1.00 e. The number of hydrogen-bond acceptors (Lipinski definition) is 2. The first-order valence-corrected chi connectivity index (χ1v) is 12.9. The van der Waals surface area contributed by atoms with Crippen LogP contribution in [0.15, 0.2) is 40.3 Å². The van der Waals surface area contributed by atoms with Gasteiger partial charge in [0, 0.05) is 0 Å². The van der Waals surface area contributed by atoms with Crippen molar-refractivity contribution in [2.75, 3.05) is 13.2 Å². The van der Waals surface area contributed by atoms with Gasteiger partial charge in [0.05, 0.1) is 0 Å². The molecule has 0 atom stereocenters. The Balaban J connectivity index is 0.00000121. The van der Waals surface area contributed by atoms with E-state index in [0.29, 0.717) is 0 Å². The SMILES string of the molecule is C[Si]1(C)C2=CC[C](=C2CCO)[Zr+2][C]2=C(CCO)C1=CC2.[Cl-].[Cl-]. The van der Waals surface area contributed by atoms with Gasteiger partial charge in [-0.3, -0.25) is 0 Å². The van der Waals surface area contributed by atoms with Gasteiger partial charge < -0.3 is 24.8 Å². The fourth-order valence-electron chi connectivity index (χ4n) is 3.87. The van der Waals surface area contributed by atoms with Crippen molar-refractivity contribution in [2.45, 2.75) is 38.8 Å². The molecule has 0 unspecified atom stereocenters. The van der Waals surface area contributed by atoms with Gasteiger partial charge in [0.1, 0.15) is 0 Å². The van der Waals surface area contributed by atoms with Crippen molar-refractivity contribution < 1.29 is 58.3 Å². The summed E-state index contributed by atoms with van der Waals surface area (Å²) in [5.41, 5.74) is 3.06. The van der Waals surface area contributed by atoms with Crippen molar-refractivity contribution in [1.82, 2.24) is 0 Å². The second-order valence-corrected chi connectivity index (χ2v) is 14.2. The molecule has 2 nitrogen and oxygen atoms in total. The van der Waals surface area contributed by atoms with Crippen LogP contribution in [0.1, 0.15) is 25.7 Å². The minimum atomic E-state index is -1.64. The predicted octanol–water partition coefficient (Wildman–Crippen LogP) is -3.19. The number of rotatable bonds is 4. The van der Waals surface area contributed by atoms with E-state index in [2.05, 4.69) is 25.2 Å². The van der Waals surface area contributed by atoms with E-state index >= 15 is 0 Å². The van der Waals surface area contributed by atoms with E-state index in [1.54, 1.807) is 17.0 Å². The van der Waals surface area contributed by atoms with Gasteiger partial charge in [-0.05, 0) is 0 Å². The van der Waals surface area contributed by atoms with Crippen LogP contribution in [0.5, 0.6) is 0 Å². The third kappa shape index (κ3) is 3.34. The molecular formula is C16H22Cl2O2SiZr. The second kappa shape index (κ2) is 8.09. The molecule has 0 aromatic heterocycles. The molecule has 3 rings (SSSR count). The molecule has 0 saturated carbocycles. The molecule has 2 N–H and O–H groups in total. The average Bonchev–Trinajstić information content (AvgIpc) is 2.98. The smallest absolute Gasteiger partial charge is 1.00 e. The molecule has 1 aliphatic heterocycles. The summed E-state index contributed by atoms with van der Waals surface area (Å²) < 4.78 is 3.39. The Morgan fingerprint density at radius 2 is 1.32 bits per heavy atom. The normalized spacial score (nSPS) is 20.9. The Morgan fingerprint density at radius 1 is 0.909 bits per heavy atom. The number of aliphatic hydroxyl groups excluding tert-OH is 2. The van der Waals surface area contributed by atoms with Gasteiger partial charge in [-0.15, -0.1) is 0 Å². The quantitative estimate of drug-likeness (QED) is 0.456. The molecule has 6 heteroatoms. The topological polar surface area (TPSA) is 40.5 Å². The predicted molar refractivity (Wildman–Crippen MR) is 80.3 cm³/mol. The molecule has 0 saturated heterocycles. The van der Waals surface area contributed by atoms with Crippen molar-refractivity contribution in [3.05, 3.63) is 40.3 Å². The summed E-state index contributed by atoms with van der Waals surface area (Å²) in [5.74, 6) is 0. The Bertz CT molecular complexity index is 529. The molecular weight excluding hydrogens is 414 g/mol. The van der Waals surface area contributed by atoms with Crippen molar-refractivity contribution in [3.63, 3.8) is 0 Å². The van der Waals surface area contributed by atoms with Crippen molar-refractivity contribution in [1.29, 1.82) is 0 Å². The van der Waals surface area contributed by atoms with Gasteiger partial charge in [0.2, 0.25) is 0 Å². The van der Waals surface area contributed by atoms with Crippen molar-refractivity contribution >= 4 is 8.07 Å². The summed E-state index contributed by atoms with van der Waals surface area (Å²) in [5, 5.41) is 22.0. The molecule has 0 amide bonds. The molecule has 0 spiro atoms. The molecule has 22 heavy (non-hydrogen) atoms. The minimum Gasteiger partial charge on any atom is -1.00 e. The number of hydrogen-bond donors (Lipinski definition) is 2. The first kappa shape index (κ1) is 20.6. The average molecular weight is 437 g/mol. The van der Waals surface area contributed by atoms with E-state index in [-0.39, 0.29) is 38.0 Å². The van der Waals surface area contributed by atoms with Crippen molar-refractivity contribution in [2.24, 2.45) is 0 Å². The number of halogens is 2. The molecule has 0 radical (unpaired) electrons. The Labute approximate surface area is 157 Å². The van der Waals surface area contributed by atoms with Crippen LogP contribution >= 0.6 is 0 Å². The maximum absolute atomic E-state index is 9.41. The maximum atomic E-state index is 9.41. The zero-order valence-corrected chi connectivity index (χ0v) is 18.0.